The first-order chi connectivity index (χ1) is 7.41. The SMILES string of the molecule is CC(C)C[C@H](N)C(=O)N(C)c1cnn(C)c1. The molecule has 0 unspecified atom stereocenters. The first-order valence-corrected chi connectivity index (χ1v) is 5.43. The number of aryl methyl sites for hydroxylation is 1. The minimum atomic E-state index is -0.440. The van der Waals surface area contributed by atoms with E-state index >= 15 is 0 Å². The fraction of sp³-hybridized carbons (Fsp3) is 0.636. The van der Waals surface area contributed by atoms with E-state index in [2.05, 4.69) is 18.9 Å². The molecule has 0 aliphatic rings. The lowest BCUT2D eigenvalue weighted by molar-refractivity contribution is -0.119. The van der Waals surface area contributed by atoms with Gasteiger partial charge in [-0.15, -0.1) is 0 Å². The van der Waals surface area contributed by atoms with E-state index < -0.39 is 6.04 Å². The van der Waals surface area contributed by atoms with Crippen LogP contribution in [0.3, 0.4) is 0 Å². The second-order valence-electron chi connectivity index (χ2n) is 4.51. The van der Waals surface area contributed by atoms with Crippen LogP contribution in [0.5, 0.6) is 0 Å². The number of aromatic nitrogens is 2. The third kappa shape index (κ3) is 3.06. The predicted molar refractivity (Wildman–Crippen MR) is 64.0 cm³/mol. The zero-order chi connectivity index (χ0) is 12.3. The van der Waals surface area contributed by atoms with Gasteiger partial charge in [0.2, 0.25) is 5.91 Å². The van der Waals surface area contributed by atoms with E-state index in [1.54, 1.807) is 29.0 Å². The first kappa shape index (κ1) is 12.7. The number of nitrogens with zero attached hydrogens (tertiary/aromatic N) is 3. The summed E-state index contributed by atoms with van der Waals surface area (Å²) in [7, 11) is 3.54. The van der Waals surface area contributed by atoms with Crippen molar-refractivity contribution in [1.29, 1.82) is 0 Å². The maximum atomic E-state index is 12.0. The van der Waals surface area contributed by atoms with Crippen LogP contribution in [0.25, 0.3) is 0 Å². The molecule has 1 aromatic heterocycles. The smallest absolute Gasteiger partial charge is 0.243 e. The Labute approximate surface area is 96.2 Å². The number of carbonyl (C=O) groups is 1. The van der Waals surface area contributed by atoms with Crippen molar-refractivity contribution >= 4 is 11.6 Å². The summed E-state index contributed by atoms with van der Waals surface area (Å²) in [5, 5.41) is 4.02. The van der Waals surface area contributed by atoms with Crippen molar-refractivity contribution in [1.82, 2.24) is 9.78 Å². The van der Waals surface area contributed by atoms with Crippen LogP contribution in [0.2, 0.25) is 0 Å². The van der Waals surface area contributed by atoms with Crippen LogP contribution in [0.15, 0.2) is 12.4 Å². The van der Waals surface area contributed by atoms with Gasteiger partial charge in [-0.2, -0.15) is 5.10 Å². The number of anilines is 1. The van der Waals surface area contributed by atoms with E-state index in [1.807, 2.05) is 7.05 Å². The number of nitrogens with two attached hydrogens (primary N) is 1. The molecular formula is C11H20N4O. The molecule has 1 atom stereocenters. The Hall–Kier alpha value is -1.36. The molecule has 0 radical (unpaired) electrons. The largest absolute Gasteiger partial charge is 0.320 e. The summed E-state index contributed by atoms with van der Waals surface area (Å²) in [6, 6.07) is -0.440. The van der Waals surface area contributed by atoms with Crippen LogP contribution < -0.4 is 10.6 Å². The molecule has 5 heteroatoms. The highest BCUT2D eigenvalue weighted by atomic mass is 16.2. The molecule has 0 spiro atoms. The summed E-state index contributed by atoms with van der Waals surface area (Å²) in [4.78, 5) is 13.5. The minimum absolute atomic E-state index is 0.0679. The van der Waals surface area contributed by atoms with E-state index in [4.69, 9.17) is 5.73 Å². The second-order valence-corrected chi connectivity index (χ2v) is 4.51. The van der Waals surface area contributed by atoms with E-state index in [1.165, 1.54) is 0 Å². The Morgan fingerprint density at radius 3 is 2.69 bits per heavy atom. The van der Waals surface area contributed by atoms with Gasteiger partial charge in [-0.05, 0) is 12.3 Å². The molecule has 0 aromatic carbocycles. The Morgan fingerprint density at radius 2 is 2.25 bits per heavy atom. The molecule has 1 amide bonds. The first-order valence-electron chi connectivity index (χ1n) is 5.43. The van der Waals surface area contributed by atoms with Crippen molar-refractivity contribution in [3.63, 3.8) is 0 Å². The average Bonchev–Trinajstić information content (AvgIpc) is 2.61. The Morgan fingerprint density at radius 1 is 1.62 bits per heavy atom. The van der Waals surface area contributed by atoms with Crippen LogP contribution in [0, 0.1) is 5.92 Å². The van der Waals surface area contributed by atoms with Crippen LogP contribution in [-0.2, 0) is 11.8 Å². The van der Waals surface area contributed by atoms with E-state index in [9.17, 15) is 4.79 Å². The van der Waals surface area contributed by atoms with Gasteiger partial charge in [0, 0.05) is 20.3 Å². The maximum absolute atomic E-state index is 12.0. The van der Waals surface area contributed by atoms with Crippen molar-refractivity contribution in [3.05, 3.63) is 12.4 Å². The lowest BCUT2D eigenvalue weighted by Crippen LogP contribution is -2.42. The van der Waals surface area contributed by atoms with Crippen LogP contribution in [-0.4, -0.2) is 28.8 Å². The molecule has 0 fully saturated rings. The Kier molecular flexibility index (Phi) is 4.06. The summed E-state index contributed by atoms with van der Waals surface area (Å²) >= 11 is 0. The number of carbonyl (C=O) groups excluding carboxylic acids is 1. The minimum Gasteiger partial charge on any atom is -0.320 e. The van der Waals surface area contributed by atoms with E-state index in [-0.39, 0.29) is 5.91 Å². The lowest BCUT2D eigenvalue weighted by Gasteiger charge is -2.20. The fourth-order valence-corrected chi connectivity index (χ4v) is 1.57. The van der Waals surface area contributed by atoms with Gasteiger partial charge in [-0.1, -0.05) is 13.8 Å². The summed E-state index contributed by atoms with van der Waals surface area (Å²) in [5.74, 6) is 0.350. The normalized spacial score (nSPS) is 12.9. The summed E-state index contributed by atoms with van der Waals surface area (Å²) < 4.78 is 1.66. The summed E-state index contributed by atoms with van der Waals surface area (Å²) in [5.41, 5.74) is 6.61. The molecule has 0 bridgehead atoms. The van der Waals surface area contributed by atoms with E-state index in [0.29, 0.717) is 12.3 Å². The van der Waals surface area contributed by atoms with Crippen molar-refractivity contribution < 1.29 is 4.79 Å². The van der Waals surface area contributed by atoms with Crippen molar-refractivity contribution in [2.45, 2.75) is 26.3 Å². The predicted octanol–water partition coefficient (Wildman–Crippen LogP) is 0.756. The maximum Gasteiger partial charge on any atom is 0.243 e. The van der Waals surface area contributed by atoms with Crippen molar-refractivity contribution in [3.8, 4) is 0 Å². The number of hydrogen-bond acceptors (Lipinski definition) is 3. The van der Waals surface area contributed by atoms with Crippen molar-refractivity contribution in [2.75, 3.05) is 11.9 Å². The molecule has 1 aromatic rings. The third-order valence-electron chi connectivity index (χ3n) is 2.45. The highest BCUT2D eigenvalue weighted by molar-refractivity contribution is 5.96. The van der Waals surface area contributed by atoms with Gasteiger partial charge in [0.15, 0.2) is 0 Å². The van der Waals surface area contributed by atoms with Gasteiger partial charge in [-0.25, -0.2) is 0 Å². The van der Waals surface area contributed by atoms with E-state index in [0.717, 1.165) is 5.69 Å². The molecule has 1 heterocycles. The molecule has 16 heavy (non-hydrogen) atoms. The number of rotatable bonds is 4. The van der Waals surface area contributed by atoms with Gasteiger partial charge >= 0.3 is 0 Å². The fourth-order valence-electron chi connectivity index (χ4n) is 1.57. The summed E-state index contributed by atoms with van der Waals surface area (Å²) in [6.07, 6.45) is 4.14. The van der Waals surface area contributed by atoms with Gasteiger partial charge < -0.3 is 10.6 Å². The monoisotopic (exact) mass is 224 g/mol. The molecule has 90 valence electrons. The highest BCUT2D eigenvalue weighted by Crippen LogP contribution is 2.13. The van der Waals surface area contributed by atoms with Gasteiger partial charge in [0.1, 0.15) is 0 Å². The molecule has 1 rings (SSSR count). The van der Waals surface area contributed by atoms with Crippen LogP contribution >= 0.6 is 0 Å². The average molecular weight is 224 g/mol. The zero-order valence-corrected chi connectivity index (χ0v) is 10.3. The zero-order valence-electron chi connectivity index (χ0n) is 10.3. The second kappa shape index (κ2) is 5.12. The highest BCUT2D eigenvalue weighted by Gasteiger charge is 2.20. The molecule has 0 saturated heterocycles. The molecule has 0 saturated carbocycles. The summed E-state index contributed by atoms with van der Waals surface area (Å²) in [6.45, 7) is 4.11. The van der Waals surface area contributed by atoms with Crippen LogP contribution in [0.4, 0.5) is 5.69 Å². The van der Waals surface area contributed by atoms with Gasteiger partial charge in [0.25, 0.3) is 0 Å². The lowest BCUT2D eigenvalue weighted by atomic mass is 10.0. The Bertz CT molecular complexity index is 359. The van der Waals surface area contributed by atoms with Crippen molar-refractivity contribution in [2.24, 2.45) is 18.7 Å². The molecule has 0 aliphatic carbocycles. The molecule has 2 N–H and O–H groups in total. The van der Waals surface area contributed by atoms with Gasteiger partial charge in [0.05, 0.1) is 17.9 Å². The standard InChI is InChI=1S/C11H20N4O/c1-8(2)5-10(12)11(16)15(4)9-6-13-14(3)7-9/h6-8,10H,5,12H2,1-4H3/t10-/m0/s1. The Balaban J connectivity index is 2.67. The molecular weight excluding hydrogens is 204 g/mol. The number of amides is 1. The molecule has 0 aliphatic heterocycles. The number of likely N-dealkylation sites (N-methyl/N-ethyl adjacent to an activating group) is 1. The topological polar surface area (TPSA) is 64.2 Å². The van der Waals surface area contributed by atoms with Gasteiger partial charge in [-0.3, -0.25) is 9.48 Å². The molecule has 5 nitrogen and oxygen atoms in total. The number of hydrogen-bond donors (Lipinski definition) is 1. The van der Waals surface area contributed by atoms with Crippen LogP contribution in [0.1, 0.15) is 20.3 Å². The quantitative estimate of drug-likeness (QED) is 0.821. The third-order valence-corrected chi connectivity index (χ3v) is 2.45.